The lowest BCUT2D eigenvalue weighted by Gasteiger charge is -2.13. The Balaban J connectivity index is 1.47. The van der Waals surface area contributed by atoms with E-state index >= 15 is 0 Å². The lowest BCUT2D eigenvalue weighted by atomic mass is 10.1. The van der Waals surface area contributed by atoms with Gasteiger partial charge in [0.25, 0.3) is 5.91 Å². The molecule has 3 aromatic carbocycles. The second kappa shape index (κ2) is 8.37. The van der Waals surface area contributed by atoms with Gasteiger partial charge in [-0.05, 0) is 67.4 Å². The Bertz CT molecular complexity index is 1030. The lowest BCUT2D eigenvalue weighted by molar-refractivity contribution is -0.117. The molecular formula is C23H19ClN2O3. The van der Waals surface area contributed by atoms with Crippen LogP contribution in [0.4, 0.5) is 11.4 Å². The molecular weight excluding hydrogens is 388 g/mol. The molecule has 3 aromatic rings. The van der Waals surface area contributed by atoms with E-state index in [-0.39, 0.29) is 17.7 Å². The van der Waals surface area contributed by atoms with Gasteiger partial charge in [-0.1, -0.05) is 29.8 Å². The minimum absolute atomic E-state index is 0.0313. The Kier molecular flexibility index (Phi) is 5.49. The quantitative estimate of drug-likeness (QED) is 0.549. The summed E-state index contributed by atoms with van der Waals surface area (Å²) in [4.78, 5) is 24.5. The van der Waals surface area contributed by atoms with Crippen molar-refractivity contribution in [2.24, 2.45) is 5.92 Å². The SMILES string of the molecule is O=C(Nc1cc(Cl)ccc1Oc1ccccc1)c1ccc(NC(=O)C2CC2)cc1. The topological polar surface area (TPSA) is 67.4 Å². The van der Waals surface area contributed by atoms with Crippen LogP contribution < -0.4 is 15.4 Å². The molecule has 1 saturated carbocycles. The van der Waals surface area contributed by atoms with E-state index in [1.807, 2.05) is 30.3 Å². The predicted octanol–water partition coefficient (Wildman–Crippen LogP) is 5.73. The zero-order valence-corrected chi connectivity index (χ0v) is 16.3. The van der Waals surface area contributed by atoms with Gasteiger partial charge in [0.1, 0.15) is 5.75 Å². The standard InChI is InChI=1S/C23H19ClN2O3/c24-17-10-13-21(29-19-4-2-1-3-5-19)20(14-17)26-23(28)16-8-11-18(12-9-16)25-22(27)15-6-7-15/h1-5,8-15H,6-7H2,(H,25,27)(H,26,28). The highest BCUT2D eigenvalue weighted by molar-refractivity contribution is 6.31. The Morgan fingerprint density at radius 2 is 1.62 bits per heavy atom. The second-order valence-electron chi connectivity index (χ2n) is 6.85. The van der Waals surface area contributed by atoms with E-state index < -0.39 is 0 Å². The summed E-state index contributed by atoms with van der Waals surface area (Å²) in [6.45, 7) is 0. The van der Waals surface area contributed by atoms with E-state index in [0.29, 0.717) is 33.5 Å². The van der Waals surface area contributed by atoms with Crippen LogP contribution in [-0.4, -0.2) is 11.8 Å². The van der Waals surface area contributed by atoms with Crippen LogP contribution >= 0.6 is 11.6 Å². The number of carbonyl (C=O) groups excluding carboxylic acids is 2. The van der Waals surface area contributed by atoms with Crippen LogP contribution in [0, 0.1) is 5.92 Å². The van der Waals surface area contributed by atoms with Crippen LogP contribution in [-0.2, 0) is 4.79 Å². The maximum absolute atomic E-state index is 12.7. The first-order valence-corrected chi connectivity index (χ1v) is 9.71. The molecule has 1 aliphatic rings. The molecule has 0 heterocycles. The Labute approximate surface area is 173 Å². The molecule has 0 spiro atoms. The van der Waals surface area contributed by atoms with E-state index in [9.17, 15) is 9.59 Å². The van der Waals surface area contributed by atoms with Gasteiger partial charge < -0.3 is 15.4 Å². The highest BCUT2D eigenvalue weighted by Crippen LogP contribution is 2.33. The first kappa shape index (κ1) is 19.0. The van der Waals surface area contributed by atoms with Crippen molar-refractivity contribution >= 4 is 34.8 Å². The fourth-order valence-electron chi connectivity index (χ4n) is 2.79. The van der Waals surface area contributed by atoms with Crippen LogP contribution in [0.25, 0.3) is 0 Å². The zero-order valence-electron chi connectivity index (χ0n) is 15.5. The third-order valence-corrected chi connectivity index (χ3v) is 4.76. The number of para-hydroxylation sites is 1. The van der Waals surface area contributed by atoms with Gasteiger partial charge in [0.05, 0.1) is 5.69 Å². The summed E-state index contributed by atoms with van der Waals surface area (Å²) < 4.78 is 5.87. The maximum Gasteiger partial charge on any atom is 0.255 e. The predicted molar refractivity (Wildman–Crippen MR) is 114 cm³/mol. The Morgan fingerprint density at radius 3 is 2.31 bits per heavy atom. The molecule has 29 heavy (non-hydrogen) atoms. The van der Waals surface area contributed by atoms with Crippen molar-refractivity contribution in [3.05, 3.63) is 83.4 Å². The highest BCUT2D eigenvalue weighted by atomic mass is 35.5. The molecule has 0 atom stereocenters. The molecule has 1 fully saturated rings. The minimum atomic E-state index is -0.301. The van der Waals surface area contributed by atoms with Gasteiger partial charge in [-0.2, -0.15) is 0 Å². The van der Waals surface area contributed by atoms with E-state index in [2.05, 4.69) is 10.6 Å². The molecule has 6 heteroatoms. The van der Waals surface area contributed by atoms with Gasteiger partial charge in [-0.3, -0.25) is 9.59 Å². The number of hydrogen-bond donors (Lipinski definition) is 2. The molecule has 0 saturated heterocycles. The maximum atomic E-state index is 12.7. The Morgan fingerprint density at radius 1 is 0.897 bits per heavy atom. The number of rotatable bonds is 6. The molecule has 1 aliphatic carbocycles. The smallest absolute Gasteiger partial charge is 0.255 e. The van der Waals surface area contributed by atoms with Gasteiger partial charge in [0.2, 0.25) is 5.91 Å². The second-order valence-corrected chi connectivity index (χ2v) is 7.29. The third kappa shape index (κ3) is 4.95. The van der Waals surface area contributed by atoms with Gasteiger partial charge in [0.15, 0.2) is 5.75 Å². The van der Waals surface area contributed by atoms with Crippen molar-refractivity contribution in [3.63, 3.8) is 0 Å². The molecule has 0 radical (unpaired) electrons. The summed E-state index contributed by atoms with van der Waals surface area (Å²) >= 11 is 6.10. The van der Waals surface area contributed by atoms with Gasteiger partial charge >= 0.3 is 0 Å². The number of anilines is 2. The number of benzene rings is 3. The largest absolute Gasteiger partial charge is 0.455 e. The van der Waals surface area contributed by atoms with Gasteiger partial charge in [0, 0.05) is 22.2 Å². The number of amides is 2. The molecule has 2 amide bonds. The van der Waals surface area contributed by atoms with Crippen LogP contribution in [0.5, 0.6) is 11.5 Å². The number of halogens is 1. The van der Waals surface area contributed by atoms with Crippen molar-refractivity contribution < 1.29 is 14.3 Å². The summed E-state index contributed by atoms with van der Waals surface area (Å²) in [5, 5.41) is 6.18. The molecule has 0 bridgehead atoms. The summed E-state index contributed by atoms with van der Waals surface area (Å²) in [7, 11) is 0. The van der Waals surface area contributed by atoms with E-state index in [1.165, 1.54) is 0 Å². The molecule has 0 aromatic heterocycles. The van der Waals surface area contributed by atoms with Crippen molar-refractivity contribution in [3.8, 4) is 11.5 Å². The van der Waals surface area contributed by atoms with Crippen LogP contribution in [0.15, 0.2) is 72.8 Å². The average Bonchev–Trinajstić information content (AvgIpc) is 3.57. The summed E-state index contributed by atoms with van der Waals surface area (Å²) in [6, 6.07) is 21.1. The number of ether oxygens (including phenoxy) is 1. The fraction of sp³-hybridized carbons (Fsp3) is 0.130. The average molecular weight is 407 g/mol. The van der Waals surface area contributed by atoms with Gasteiger partial charge in [-0.25, -0.2) is 0 Å². The van der Waals surface area contributed by atoms with Crippen molar-refractivity contribution in [2.75, 3.05) is 10.6 Å². The normalized spacial score (nSPS) is 12.9. The van der Waals surface area contributed by atoms with Crippen LogP contribution in [0.2, 0.25) is 5.02 Å². The van der Waals surface area contributed by atoms with E-state index in [1.54, 1.807) is 42.5 Å². The molecule has 0 aliphatic heterocycles. The Hall–Kier alpha value is -3.31. The highest BCUT2D eigenvalue weighted by Gasteiger charge is 2.29. The van der Waals surface area contributed by atoms with Crippen molar-refractivity contribution in [1.29, 1.82) is 0 Å². The van der Waals surface area contributed by atoms with E-state index in [0.717, 1.165) is 12.8 Å². The fourth-order valence-corrected chi connectivity index (χ4v) is 2.97. The summed E-state index contributed by atoms with van der Waals surface area (Å²) in [5.74, 6) is 1.00. The number of carbonyl (C=O) groups is 2. The number of hydrogen-bond acceptors (Lipinski definition) is 3. The summed E-state index contributed by atoms with van der Waals surface area (Å²) in [6.07, 6.45) is 1.89. The first-order chi connectivity index (χ1) is 14.1. The van der Waals surface area contributed by atoms with Crippen molar-refractivity contribution in [1.82, 2.24) is 0 Å². The third-order valence-electron chi connectivity index (χ3n) is 4.52. The molecule has 146 valence electrons. The molecule has 0 unspecified atom stereocenters. The van der Waals surface area contributed by atoms with E-state index in [4.69, 9.17) is 16.3 Å². The van der Waals surface area contributed by atoms with Gasteiger partial charge in [-0.15, -0.1) is 0 Å². The zero-order chi connectivity index (χ0) is 20.2. The molecule has 2 N–H and O–H groups in total. The summed E-state index contributed by atoms with van der Waals surface area (Å²) in [5.41, 5.74) is 1.60. The lowest BCUT2D eigenvalue weighted by Crippen LogP contribution is -2.14. The van der Waals surface area contributed by atoms with Crippen LogP contribution in [0.3, 0.4) is 0 Å². The first-order valence-electron chi connectivity index (χ1n) is 9.33. The number of nitrogens with one attached hydrogen (secondary N) is 2. The monoisotopic (exact) mass is 406 g/mol. The van der Waals surface area contributed by atoms with Crippen LogP contribution in [0.1, 0.15) is 23.2 Å². The molecule has 4 rings (SSSR count). The van der Waals surface area contributed by atoms with Crippen molar-refractivity contribution in [2.45, 2.75) is 12.8 Å². The molecule has 5 nitrogen and oxygen atoms in total. The minimum Gasteiger partial charge on any atom is -0.455 e.